The number of nitrogens with one attached hydrogen (secondary N) is 2. The molecule has 0 saturated carbocycles. The summed E-state index contributed by atoms with van der Waals surface area (Å²) in [6.45, 7) is 9.47. The third-order valence-electron chi connectivity index (χ3n) is 3.39. The van der Waals surface area contributed by atoms with Crippen LogP contribution in [0.3, 0.4) is 0 Å². The zero-order valence-corrected chi connectivity index (χ0v) is 11.1. The van der Waals surface area contributed by atoms with Crippen molar-refractivity contribution in [3.05, 3.63) is 0 Å². The predicted molar refractivity (Wildman–Crippen MR) is 67.3 cm³/mol. The molecule has 1 aliphatic heterocycles. The number of hydrogen-bond acceptors (Lipinski definition) is 2. The highest BCUT2D eigenvalue weighted by Crippen LogP contribution is 2.17. The van der Waals surface area contributed by atoms with E-state index in [9.17, 15) is 4.79 Å². The zero-order valence-electron chi connectivity index (χ0n) is 11.1. The molecule has 2 atom stereocenters. The van der Waals surface area contributed by atoms with Gasteiger partial charge in [0.25, 0.3) is 0 Å². The zero-order chi connectivity index (χ0) is 12.2. The standard InChI is InChI=1S/C13H26N2O/c1-5-8-13(3,4)15-12(16)11-10(2)7-6-9-14-11/h10-11,14H,5-9H2,1-4H3,(H,15,16). The van der Waals surface area contributed by atoms with Crippen LogP contribution in [0.5, 0.6) is 0 Å². The quantitative estimate of drug-likeness (QED) is 0.770. The maximum atomic E-state index is 12.1. The van der Waals surface area contributed by atoms with Crippen LogP contribution in [-0.4, -0.2) is 24.0 Å². The van der Waals surface area contributed by atoms with E-state index in [0.29, 0.717) is 5.92 Å². The van der Waals surface area contributed by atoms with E-state index in [2.05, 4.69) is 38.3 Å². The van der Waals surface area contributed by atoms with Crippen LogP contribution in [0, 0.1) is 5.92 Å². The summed E-state index contributed by atoms with van der Waals surface area (Å²) in [5.74, 6) is 0.622. The van der Waals surface area contributed by atoms with Crippen LogP contribution in [0.4, 0.5) is 0 Å². The molecule has 1 heterocycles. The van der Waals surface area contributed by atoms with Gasteiger partial charge in [0.1, 0.15) is 0 Å². The van der Waals surface area contributed by atoms with E-state index in [1.807, 2.05) is 0 Å². The average molecular weight is 226 g/mol. The van der Waals surface area contributed by atoms with E-state index < -0.39 is 0 Å². The second-order valence-electron chi connectivity index (χ2n) is 5.67. The van der Waals surface area contributed by atoms with Gasteiger partial charge in [0.15, 0.2) is 0 Å². The first kappa shape index (κ1) is 13.5. The number of piperidine rings is 1. The lowest BCUT2D eigenvalue weighted by atomic mass is 9.90. The normalized spacial score (nSPS) is 26.5. The molecule has 0 radical (unpaired) electrons. The van der Waals surface area contributed by atoms with Gasteiger partial charge >= 0.3 is 0 Å². The number of carbonyl (C=O) groups excluding carboxylic acids is 1. The molecule has 0 aromatic rings. The van der Waals surface area contributed by atoms with Crippen LogP contribution in [0.2, 0.25) is 0 Å². The first-order valence-electron chi connectivity index (χ1n) is 6.51. The van der Waals surface area contributed by atoms with Gasteiger partial charge < -0.3 is 10.6 Å². The third-order valence-corrected chi connectivity index (χ3v) is 3.39. The maximum absolute atomic E-state index is 12.1. The van der Waals surface area contributed by atoms with Gasteiger partial charge in [0.05, 0.1) is 6.04 Å². The van der Waals surface area contributed by atoms with Crippen LogP contribution in [-0.2, 0) is 4.79 Å². The summed E-state index contributed by atoms with van der Waals surface area (Å²) in [7, 11) is 0. The second kappa shape index (κ2) is 5.67. The molecule has 1 fully saturated rings. The van der Waals surface area contributed by atoms with Crippen LogP contribution in [0.15, 0.2) is 0 Å². The van der Waals surface area contributed by atoms with Crippen molar-refractivity contribution in [3.8, 4) is 0 Å². The van der Waals surface area contributed by atoms with E-state index in [1.165, 1.54) is 6.42 Å². The summed E-state index contributed by atoms with van der Waals surface area (Å²) in [6.07, 6.45) is 4.46. The van der Waals surface area contributed by atoms with E-state index in [1.54, 1.807) is 0 Å². The number of rotatable bonds is 4. The summed E-state index contributed by atoms with van der Waals surface area (Å²) < 4.78 is 0. The van der Waals surface area contributed by atoms with Crippen molar-refractivity contribution in [2.75, 3.05) is 6.54 Å². The highest BCUT2D eigenvalue weighted by atomic mass is 16.2. The smallest absolute Gasteiger partial charge is 0.237 e. The van der Waals surface area contributed by atoms with Gasteiger partial charge in [-0.05, 0) is 45.6 Å². The number of amides is 1. The van der Waals surface area contributed by atoms with Crippen LogP contribution in [0.25, 0.3) is 0 Å². The second-order valence-corrected chi connectivity index (χ2v) is 5.67. The molecule has 3 heteroatoms. The first-order valence-corrected chi connectivity index (χ1v) is 6.51. The molecule has 2 N–H and O–H groups in total. The van der Waals surface area contributed by atoms with Crippen LogP contribution >= 0.6 is 0 Å². The molecule has 0 aromatic heterocycles. The fourth-order valence-corrected chi connectivity index (χ4v) is 2.50. The molecule has 3 nitrogen and oxygen atoms in total. The Balaban J connectivity index is 2.50. The molecule has 94 valence electrons. The van der Waals surface area contributed by atoms with E-state index >= 15 is 0 Å². The maximum Gasteiger partial charge on any atom is 0.237 e. The summed E-state index contributed by atoms with van der Waals surface area (Å²) in [5.41, 5.74) is -0.0787. The Kier molecular flexibility index (Phi) is 4.78. The molecule has 1 saturated heterocycles. The number of carbonyl (C=O) groups is 1. The average Bonchev–Trinajstić information content (AvgIpc) is 2.17. The molecule has 0 bridgehead atoms. The van der Waals surface area contributed by atoms with Crippen molar-refractivity contribution in [2.45, 2.75) is 65.0 Å². The van der Waals surface area contributed by atoms with E-state index in [-0.39, 0.29) is 17.5 Å². The fourth-order valence-electron chi connectivity index (χ4n) is 2.50. The minimum absolute atomic E-state index is 0.00452. The molecule has 1 rings (SSSR count). The lowest BCUT2D eigenvalue weighted by Gasteiger charge is -2.33. The Hall–Kier alpha value is -0.570. The van der Waals surface area contributed by atoms with Gasteiger partial charge in [-0.2, -0.15) is 0 Å². The summed E-state index contributed by atoms with van der Waals surface area (Å²) in [4.78, 5) is 12.1. The molecular formula is C13H26N2O. The minimum atomic E-state index is -0.0787. The predicted octanol–water partition coefficient (Wildman–Crippen LogP) is 2.07. The van der Waals surface area contributed by atoms with Gasteiger partial charge in [0.2, 0.25) is 5.91 Å². The lowest BCUT2D eigenvalue weighted by Crippen LogP contribution is -2.55. The Bertz CT molecular complexity index is 238. The van der Waals surface area contributed by atoms with Crippen LogP contribution < -0.4 is 10.6 Å². The summed E-state index contributed by atoms with van der Waals surface area (Å²) in [5, 5.41) is 6.48. The molecule has 0 spiro atoms. The van der Waals surface area contributed by atoms with Gasteiger partial charge in [-0.15, -0.1) is 0 Å². The molecule has 2 unspecified atom stereocenters. The Labute approximate surface area is 99.4 Å². The fraction of sp³-hybridized carbons (Fsp3) is 0.923. The number of hydrogen-bond donors (Lipinski definition) is 2. The molecule has 1 amide bonds. The van der Waals surface area contributed by atoms with Crippen molar-refractivity contribution >= 4 is 5.91 Å². The van der Waals surface area contributed by atoms with Crippen molar-refractivity contribution in [1.82, 2.24) is 10.6 Å². The van der Waals surface area contributed by atoms with Gasteiger partial charge in [-0.3, -0.25) is 4.79 Å². The van der Waals surface area contributed by atoms with Gasteiger partial charge in [0, 0.05) is 5.54 Å². The molecular weight excluding hydrogens is 200 g/mol. The van der Waals surface area contributed by atoms with Crippen molar-refractivity contribution in [2.24, 2.45) is 5.92 Å². The van der Waals surface area contributed by atoms with E-state index in [0.717, 1.165) is 25.8 Å². The minimum Gasteiger partial charge on any atom is -0.350 e. The third kappa shape index (κ3) is 3.78. The van der Waals surface area contributed by atoms with Gasteiger partial charge in [-0.1, -0.05) is 20.3 Å². The van der Waals surface area contributed by atoms with Crippen LogP contribution in [0.1, 0.15) is 53.4 Å². The Morgan fingerprint density at radius 2 is 2.19 bits per heavy atom. The molecule has 0 aromatic carbocycles. The summed E-state index contributed by atoms with van der Waals surface area (Å²) >= 11 is 0. The van der Waals surface area contributed by atoms with Crippen molar-refractivity contribution < 1.29 is 4.79 Å². The molecule has 0 aliphatic carbocycles. The first-order chi connectivity index (χ1) is 7.46. The highest BCUT2D eigenvalue weighted by Gasteiger charge is 2.30. The molecule has 16 heavy (non-hydrogen) atoms. The SMILES string of the molecule is CCCC(C)(C)NC(=O)C1NCCCC1C. The Morgan fingerprint density at radius 3 is 2.75 bits per heavy atom. The summed E-state index contributed by atoms with van der Waals surface area (Å²) in [6, 6.07) is 0.00452. The lowest BCUT2D eigenvalue weighted by molar-refractivity contribution is -0.126. The van der Waals surface area contributed by atoms with Crippen molar-refractivity contribution in [3.63, 3.8) is 0 Å². The highest BCUT2D eigenvalue weighted by molar-refractivity contribution is 5.82. The topological polar surface area (TPSA) is 41.1 Å². The molecule has 1 aliphatic rings. The van der Waals surface area contributed by atoms with Crippen molar-refractivity contribution in [1.29, 1.82) is 0 Å². The van der Waals surface area contributed by atoms with E-state index in [4.69, 9.17) is 0 Å². The monoisotopic (exact) mass is 226 g/mol. The largest absolute Gasteiger partial charge is 0.350 e. The van der Waals surface area contributed by atoms with Gasteiger partial charge in [-0.25, -0.2) is 0 Å². The Morgan fingerprint density at radius 1 is 1.50 bits per heavy atom.